The number of hydrogen-bond donors (Lipinski definition) is 1. The van der Waals surface area contributed by atoms with E-state index in [4.69, 9.17) is 13.8 Å². The molecule has 3 saturated heterocycles. The smallest absolute Gasteiger partial charge is 0.351 e. The number of hydrogen-bond acceptors (Lipinski definition) is 7. The molecule has 9 nitrogen and oxygen atoms in total. The van der Waals surface area contributed by atoms with Crippen molar-refractivity contribution in [3.63, 3.8) is 0 Å². The Morgan fingerprint density at radius 1 is 1.39 bits per heavy atom. The zero-order chi connectivity index (χ0) is 23.9. The van der Waals surface area contributed by atoms with Gasteiger partial charge in [-0.25, -0.2) is 9.46 Å². The molecule has 184 valence electrons. The number of fused-ring (bicyclic) bond motifs is 1. The highest BCUT2D eigenvalue weighted by Crippen LogP contribution is 2.62. The van der Waals surface area contributed by atoms with Crippen molar-refractivity contribution < 1.29 is 18.6 Å². The highest BCUT2D eigenvalue weighted by atomic mass is 31.2. The van der Waals surface area contributed by atoms with E-state index in [1.807, 2.05) is 0 Å². The van der Waals surface area contributed by atoms with Crippen LogP contribution in [0.1, 0.15) is 73.5 Å². The van der Waals surface area contributed by atoms with Crippen molar-refractivity contribution >= 4 is 20.3 Å². The maximum atomic E-state index is 12.7. The summed E-state index contributed by atoms with van der Waals surface area (Å²) in [6.07, 6.45) is 4.53. The zero-order valence-corrected chi connectivity index (χ0v) is 21.4. The summed E-state index contributed by atoms with van der Waals surface area (Å²) in [4.78, 5) is 28.6. The Morgan fingerprint density at radius 2 is 2.15 bits per heavy atom. The zero-order valence-electron chi connectivity index (χ0n) is 20.5. The van der Waals surface area contributed by atoms with Crippen LogP contribution in [-0.2, 0) is 18.6 Å². The standard InChI is InChI=1S/C23H37N4O5P/c1-7-16-17(31-33-27-11-8-9-18(27)23(6,32-33)15(4)5)13-20(30-16)26-12-10-19(25-22(26)29)24-21(28)14(2)3/h10,12,14-18,20H,7-9,11,13H2,1-6H3,(H,24,25,28,29)/t16-,17?,18+,20-,23-,33+/m1/s1. The third-order valence-electron chi connectivity index (χ3n) is 7.24. The van der Waals surface area contributed by atoms with E-state index >= 15 is 0 Å². The van der Waals surface area contributed by atoms with E-state index in [0.29, 0.717) is 18.4 Å². The van der Waals surface area contributed by atoms with Crippen LogP contribution in [0, 0.1) is 11.8 Å². The summed E-state index contributed by atoms with van der Waals surface area (Å²) in [7, 11) is -1.16. The minimum atomic E-state index is -1.16. The van der Waals surface area contributed by atoms with Gasteiger partial charge in [-0.3, -0.25) is 9.36 Å². The van der Waals surface area contributed by atoms with Crippen LogP contribution >= 0.6 is 8.53 Å². The second-order valence-corrected chi connectivity index (χ2v) is 11.4. The van der Waals surface area contributed by atoms with Crippen molar-refractivity contribution in [1.29, 1.82) is 0 Å². The summed E-state index contributed by atoms with van der Waals surface area (Å²) >= 11 is 0. The largest absolute Gasteiger partial charge is 0.352 e. The van der Waals surface area contributed by atoms with Gasteiger partial charge in [0.1, 0.15) is 12.0 Å². The molecule has 1 unspecified atom stereocenters. The van der Waals surface area contributed by atoms with Crippen LogP contribution in [-0.4, -0.2) is 50.5 Å². The number of anilines is 1. The predicted octanol–water partition coefficient (Wildman–Crippen LogP) is 4.06. The maximum absolute atomic E-state index is 12.7. The minimum Gasteiger partial charge on any atom is -0.352 e. The van der Waals surface area contributed by atoms with Crippen LogP contribution in [0.3, 0.4) is 0 Å². The highest BCUT2D eigenvalue weighted by Gasteiger charge is 2.56. The summed E-state index contributed by atoms with van der Waals surface area (Å²) in [6, 6.07) is 2.02. The molecule has 0 aliphatic carbocycles. The fourth-order valence-corrected chi connectivity index (χ4v) is 7.08. The van der Waals surface area contributed by atoms with Gasteiger partial charge in [0.25, 0.3) is 8.53 Å². The molecule has 0 spiro atoms. The number of aromatic nitrogens is 2. The van der Waals surface area contributed by atoms with E-state index in [1.165, 1.54) is 11.0 Å². The Morgan fingerprint density at radius 3 is 2.79 bits per heavy atom. The van der Waals surface area contributed by atoms with Crippen LogP contribution in [0.15, 0.2) is 17.1 Å². The molecule has 1 aromatic heterocycles. The molecule has 1 aromatic rings. The van der Waals surface area contributed by atoms with Crippen molar-refractivity contribution in [2.45, 2.75) is 97.3 Å². The van der Waals surface area contributed by atoms with Crippen molar-refractivity contribution in [2.75, 3.05) is 11.9 Å². The van der Waals surface area contributed by atoms with E-state index in [9.17, 15) is 9.59 Å². The lowest BCUT2D eigenvalue weighted by atomic mass is 9.84. The quantitative estimate of drug-likeness (QED) is 0.588. The molecule has 3 aliphatic heterocycles. The first-order valence-electron chi connectivity index (χ1n) is 12.1. The van der Waals surface area contributed by atoms with Gasteiger partial charge >= 0.3 is 5.69 Å². The molecule has 0 saturated carbocycles. The number of nitrogens with one attached hydrogen (secondary N) is 1. The lowest BCUT2D eigenvalue weighted by Crippen LogP contribution is -2.43. The van der Waals surface area contributed by atoms with Gasteiger partial charge in [0, 0.05) is 31.1 Å². The third kappa shape index (κ3) is 4.76. The lowest BCUT2D eigenvalue weighted by Gasteiger charge is -2.32. The summed E-state index contributed by atoms with van der Waals surface area (Å²) in [6.45, 7) is 13.3. The Kier molecular flexibility index (Phi) is 7.27. The van der Waals surface area contributed by atoms with Gasteiger partial charge in [-0.2, -0.15) is 4.98 Å². The Labute approximate surface area is 197 Å². The number of nitrogens with zero attached hydrogens (tertiary/aromatic N) is 3. The summed E-state index contributed by atoms with van der Waals surface area (Å²) in [5.41, 5.74) is -0.660. The number of ether oxygens (including phenoxy) is 1. The molecular weight excluding hydrogens is 443 g/mol. The number of carbonyl (C=O) groups excluding carboxylic acids is 1. The normalized spacial score (nSPS) is 34.4. The van der Waals surface area contributed by atoms with Gasteiger partial charge in [-0.05, 0) is 38.2 Å². The van der Waals surface area contributed by atoms with Crippen LogP contribution < -0.4 is 11.0 Å². The topological polar surface area (TPSA) is 94.9 Å². The van der Waals surface area contributed by atoms with Crippen LogP contribution in [0.2, 0.25) is 0 Å². The molecule has 1 N–H and O–H groups in total. The third-order valence-corrected chi connectivity index (χ3v) is 9.14. The molecule has 6 atom stereocenters. The molecule has 4 heterocycles. The molecule has 0 radical (unpaired) electrons. The molecule has 1 amide bonds. The highest BCUT2D eigenvalue weighted by molar-refractivity contribution is 7.45. The molecular formula is C23H37N4O5P. The second kappa shape index (κ2) is 9.70. The minimum absolute atomic E-state index is 0.125. The van der Waals surface area contributed by atoms with Crippen molar-refractivity contribution in [1.82, 2.24) is 14.2 Å². The Balaban J connectivity index is 1.46. The van der Waals surface area contributed by atoms with Gasteiger partial charge in [0.05, 0.1) is 17.8 Å². The van der Waals surface area contributed by atoms with E-state index in [2.05, 4.69) is 42.7 Å². The number of carbonyl (C=O) groups is 1. The molecule has 4 rings (SSSR count). The van der Waals surface area contributed by atoms with Crippen molar-refractivity contribution in [2.24, 2.45) is 11.8 Å². The first kappa shape index (κ1) is 24.7. The fourth-order valence-electron chi connectivity index (χ4n) is 4.82. The van der Waals surface area contributed by atoms with Crippen LogP contribution in [0.25, 0.3) is 0 Å². The molecule has 0 bridgehead atoms. The lowest BCUT2D eigenvalue weighted by molar-refractivity contribution is -0.118. The van der Waals surface area contributed by atoms with Crippen molar-refractivity contribution in [3.05, 3.63) is 22.7 Å². The van der Waals surface area contributed by atoms with E-state index in [0.717, 1.165) is 19.4 Å². The van der Waals surface area contributed by atoms with Gasteiger partial charge in [0.15, 0.2) is 0 Å². The molecule has 33 heavy (non-hydrogen) atoms. The van der Waals surface area contributed by atoms with E-state index in [1.54, 1.807) is 26.1 Å². The molecule has 10 heteroatoms. The van der Waals surface area contributed by atoms with Gasteiger partial charge in [-0.15, -0.1) is 0 Å². The average molecular weight is 481 g/mol. The average Bonchev–Trinajstić information content (AvgIpc) is 3.45. The first-order valence-corrected chi connectivity index (χ1v) is 13.2. The monoisotopic (exact) mass is 480 g/mol. The molecule has 0 aromatic carbocycles. The molecule has 3 aliphatic rings. The van der Waals surface area contributed by atoms with E-state index < -0.39 is 20.4 Å². The summed E-state index contributed by atoms with van der Waals surface area (Å²) < 4.78 is 23.3. The van der Waals surface area contributed by atoms with Crippen molar-refractivity contribution in [3.8, 4) is 0 Å². The number of rotatable bonds is 7. The SMILES string of the molecule is CC[C@H]1O[C@@H](n2ccc(NC(=O)C(C)C)nc2=O)CC1O[P@@]1O[C@](C)(C(C)C)[C@@H]2CCCN21. The Bertz CT molecular complexity index is 924. The van der Waals surface area contributed by atoms with Crippen LogP contribution in [0.5, 0.6) is 0 Å². The summed E-state index contributed by atoms with van der Waals surface area (Å²) in [5.74, 6) is 0.281. The second-order valence-electron chi connectivity index (χ2n) is 10.1. The predicted molar refractivity (Wildman–Crippen MR) is 127 cm³/mol. The van der Waals surface area contributed by atoms with Gasteiger partial charge in [0.2, 0.25) is 5.91 Å². The summed E-state index contributed by atoms with van der Waals surface area (Å²) in [5, 5.41) is 2.67. The Hall–Kier alpha value is -1.38. The van der Waals surface area contributed by atoms with Crippen LogP contribution in [0.4, 0.5) is 5.82 Å². The number of amides is 1. The van der Waals surface area contributed by atoms with Gasteiger partial charge in [-0.1, -0.05) is 34.6 Å². The molecule has 3 fully saturated rings. The maximum Gasteiger partial charge on any atom is 0.351 e. The van der Waals surface area contributed by atoms with Gasteiger partial charge < -0.3 is 19.1 Å². The first-order chi connectivity index (χ1) is 15.6. The fraction of sp³-hybridized carbons (Fsp3) is 0.783. The van der Waals surface area contributed by atoms with E-state index in [-0.39, 0.29) is 35.5 Å².